The number of carbonyl (C=O) groups excluding carboxylic acids is 1. The number of aliphatic carboxylic acids is 1. The molecule has 1 aliphatic rings. The molecule has 25 heavy (non-hydrogen) atoms. The minimum atomic E-state index is -1.12. The first kappa shape index (κ1) is 17.2. The van der Waals surface area contributed by atoms with Crippen LogP contribution in [0.2, 0.25) is 5.02 Å². The van der Waals surface area contributed by atoms with Gasteiger partial charge in [-0.25, -0.2) is 0 Å². The molecule has 6 nitrogen and oxygen atoms in total. The second-order valence-corrected chi connectivity index (χ2v) is 6.63. The van der Waals surface area contributed by atoms with Crippen LogP contribution in [-0.4, -0.2) is 28.1 Å². The SMILES string of the molecule is Cc1cc2c(n(C)c1=O)-c1ccc(Cl)cc1C(C)C(=O)N2CC(=O)O. The van der Waals surface area contributed by atoms with Crippen LogP contribution in [0, 0.1) is 6.92 Å². The Morgan fingerprint density at radius 3 is 2.60 bits per heavy atom. The second kappa shape index (κ2) is 6.04. The maximum Gasteiger partial charge on any atom is 0.323 e. The fraction of sp³-hybridized carbons (Fsp3) is 0.278. The minimum absolute atomic E-state index is 0.197. The van der Waals surface area contributed by atoms with Crippen molar-refractivity contribution >= 4 is 29.2 Å². The van der Waals surface area contributed by atoms with Crippen molar-refractivity contribution in [2.24, 2.45) is 7.05 Å². The number of amides is 1. The molecule has 0 bridgehead atoms. The summed E-state index contributed by atoms with van der Waals surface area (Å²) in [7, 11) is 1.62. The molecule has 0 saturated carbocycles. The van der Waals surface area contributed by atoms with Crippen LogP contribution in [0.5, 0.6) is 0 Å². The molecule has 1 aliphatic heterocycles. The third kappa shape index (κ3) is 2.72. The topological polar surface area (TPSA) is 79.6 Å². The molecule has 0 fully saturated rings. The van der Waals surface area contributed by atoms with Crippen molar-refractivity contribution in [1.29, 1.82) is 0 Å². The predicted octanol–water partition coefficient (Wildman–Crippen LogP) is 2.55. The molecule has 7 heteroatoms. The van der Waals surface area contributed by atoms with Crippen LogP contribution >= 0.6 is 11.6 Å². The van der Waals surface area contributed by atoms with Gasteiger partial charge >= 0.3 is 5.97 Å². The number of aryl methyl sites for hydroxylation is 1. The second-order valence-electron chi connectivity index (χ2n) is 6.20. The molecule has 1 unspecified atom stereocenters. The van der Waals surface area contributed by atoms with Crippen LogP contribution in [0.3, 0.4) is 0 Å². The normalized spacial score (nSPS) is 16.2. The number of nitrogens with zero attached hydrogens (tertiary/aromatic N) is 2. The van der Waals surface area contributed by atoms with Gasteiger partial charge in [0, 0.05) is 23.2 Å². The van der Waals surface area contributed by atoms with E-state index >= 15 is 0 Å². The van der Waals surface area contributed by atoms with Crippen LogP contribution in [-0.2, 0) is 16.6 Å². The van der Waals surface area contributed by atoms with E-state index in [2.05, 4.69) is 0 Å². The van der Waals surface area contributed by atoms with Crippen molar-refractivity contribution in [2.75, 3.05) is 11.4 Å². The number of carboxylic acids is 1. The number of hydrogen-bond acceptors (Lipinski definition) is 3. The lowest BCUT2D eigenvalue weighted by molar-refractivity contribution is -0.136. The number of benzene rings is 1. The van der Waals surface area contributed by atoms with E-state index in [1.165, 1.54) is 9.47 Å². The molecule has 1 aromatic heterocycles. The summed E-state index contributed by atoms with van der Waals surface area (Å²) < 4.78 is 1.46. The number of fused-ring (bicyclic) bond motifs is 3. The Balaban J connectivity index is 2.44. The van der Waals surface area contributed by atoms with Crippen molar-refractivity contribution < 1.29 is 14.7 Å². The number of halogens is 1. The molecule has 1 N–H and O–H groups in total. The molecule has 1 atom stereocenters. The van der Waals surface area contributed by atoms with E-state index in [1.807, 2.05) is 0 Å². The smallest absolute Gasteiger partial charge is 0.323 e. The Kier molecular flexibility index (Phi) is 4.16. The third-order valence-corrected chi connectivity index (χ3v) is 4.76. The van der Waals surface area contributed by atoms with E-state index in [-0.39, 0.29) is 11.5 Å². The monoisotopic (exact) mass is 360 g/mol. The first-order valence-electron chi connectivity index (χ1n) is 7.76. The zero-order chi connectivity index (χ0) is 18.5. The molecular weight excluding hydrogens is 344 g/mol. The van der Waals surface area contributed by atoms with E-state index < -0.39 is 18.4 Å². The van der Waals surface area contributed by atoms with Crippen molar-refractivity contribution in [2.45, 2.75) is 19.8 Å². The van der Waals surface area contributed by atoms with E-state index in [9.17, 15) is 19.5 Å². The van der Waals surface area contributed by atoms with Gasteiger partial charge in [-0.2, -0.15) is 0 Å². The van der Waals surface area contributed by atoms with Crippen LogP contribution in [0.1, 0.15) is 24.0 Å². The molecule has 0 aliphatic carbocycles. The lowest BCUT2D eigenvalue weighted by atomic mass is 9.94. The minimum Gasteiger partial charge on any atom is -0.480 e. The van der Waals surface area contributed by atoms with Crippen LogP contribution < -0.4 is 10.5 Å². The fourth-order valence-corrected chi connectivity index (χ4v) is 3.47. The van der Waals surface area contributed by atoms with Crippen molar-refractivity contribution in [1.82, 2.24) is 4.57 Å². The highest BCUT2D eigenvalue weighted by molar-refractivity contribution is 6.30. The van der Waals surface area contributed by atoms with Crippen molar-refractivity contribution in [3.8, 4) is 11.3 Å². The molecule has 130 valence electrons. The highest BCUT2D eigenvalue weighted by Crippen LogP contribution is 2.41. The van der Waals surface area contributed by atoms with Gasteiger partial charge in [-0.3, -0.25) is 19.3 Å². The summed E-state index contributed by atoms with van der Waals surface area (Å²) in [6, 6.07) is 6.73. The third-order valence-electron chi connectivity index (χ3n) is 4.53. The lowest BCUT2D eigenvalue weighted by Gasteiger charge is -2.24. The van der Waals surface area contributed by atoms with E-state index in [0.29, 0.717) is 33.1 Å². The van der Waals surface area contributed by atoms with E-state index in [1.54, 1.807) is 45.2 Å². The average Bonchev–Trinajstić information content (AvgIpc) is 2.63. The van der Waals surface area contributed by atoms with Crippen molar-refractivity contribution in [3.63, 3.8) is 0 Å². The van der Waals surface area contributed by atoms with Gasteiger partial charge in [0.15, 0.2) is 0 Å². The number of rotatable bonds is 2. The Morgan fingerprint density at radius 2 is 1.96 bits per heavy atom. The first-order chi connectivity index (χ1) is 11.7. The quantitative estimate of drug-likeness (QED) is 0.892. The number of anilines is 1. The van der Waals surface area contributed by atoms with Gasteiger partial charge in [0.25, 0.3) is 5.56 Å². The maximum absolute atomic E-state index is 13.0. The molecule has 0 spiro atoms. The molecule has 0 radical (unpaired) electrons. The Morgan fingerprint density at radius 1 is 1.28 bits per heavy atom. The maximum atomic E-state index is 13.0. The summed E-state index contributed by atoms with van der Waals surface area (Å²) >= 11 is 6.10. The summed E-state index contributed by atoms with van der Waals surface area (Å²) in [5.41, 5.74) is 2.55. The fourth-order valence-electron chi connectivity index (χ4n) is 3.29. The Labute approximate surface area is 149 Å². The number of carbonyl (C=O) groups is 2. The Hall–Kier alpha value is -2.60. The molecule has 2 aromatic rings. The van der Waals surface area contributed by atoms with Crippen LogP contribution in [0.4, 0.5) is 5.69 Å². The molecular formula is C18H17ClN2O4. The molecule has 1 amide bonds. The zero-order valence-electron chi connectivity index (χ0n) is 14.0. The highest BCUT2D eigenvalue weighted by Gasteiger charge is 2.34. The summed E-state index contributed by atoms with van der Waals surface area (Å²) in [6.45, 7) is 2.88. The van der Waals surface area contributed by atoms with Crippen molar-refractivity contribution in [3.05, 3.63) is 50.8 Å². The van der Waals surface area contributed by atoms with Crippen LogP contribution in [0.15, 0.2) is 29.1 Å². The van der Waals surface area contributed by atoms with Gasteiger partial charge in [-0.1, -0.05) is 17.7 Å². The lowest BCUT2D eigenvalue weighted by Crippen LogP contribution is -2.38. The van der Waals surface area contributed by atoms with Gasteiger partial charge in [0.05, 0.1) is 17.3 Å². The summed E-state index contributed by atoms with van der Waals surface area (Å²) in [5, 5.41) is 9.73. The molecule has 0 saturated heterocycles. The summed E-state index contributed by atoms with van der Waals surface area (Å²) in [6.07, 6.45) is 0. The molecule has 3 rings (SSSR count). The largest absolute Gasteiger partial charge is 0.480 e. The van der Waals surface area contributed by atoms with Gasteiger partial charge in [-0.05, 0) is 37.6 Å². The standard InChI is InChI=1S/C18H17ClN2O4/c1-9-6-14-16(20(3)17(9)24)12-5-4-11(19)7-13(12)10(2)18(25)21(14)8-15(22)23/h4-7,10H,8H2,1-3H3,(H,22,23). The number of pyridine rings is 1. The van der Waals surface area contributed by atoms with Gasteiger partial charge in [0.2, 0.25) is 5.91 Å². The van der Waals surface area contributed by atoms with E-state index in [4.69, 9.17) is 11.6 Å². The average molecular weight is 361 g/mol. The molecule has 2 heterocycles. The summed E-state index contributed by atoms with van der Waals surface area (Å²) in [4.78, 5) is 37.9. The van der Waals surface area contributed by atoms with Gasteiger partial charge < -0.3 is 9.67 Å². The number of carboxylic acid groups (broad SMARTS) is 1. The van der Waals surface area contributed by atoms with E-state index in [0.717, 1.165) is 0 Å². The van der Waals surface area contributed by atoms with Gasteiger partial charge in [0.1, 0.15) is 6.54 Å². The van der Waals surface area contributed by atoms with Gasteiger partial charge in [-0.15, -0.1) is 0 Å². The highest BCUT2D eigenvalue weighted by atomic mass is 35.5. The Bertz CT molecular complexity index is 964. The van der Waals surface area contributed by atoms with Crippen LogP contribution in [0.25, 0.3) is 11.3 Å². The first-order valence-corrected chi connectivity index (χ1v) is 8.13. The predicted molar refractivity (Wildman–Crippen MR) is 95.3 cm³/mol. The number of aromatic nitrogens is 1. The molecule has 1 aromatic carbocycles. The summed E-state index contributed by atoms with van der Waals surface area (Å²) in [5.74, 6) is -2.06. The zero-order valence-corrected chi connectivity index (χ0v) is 14.8. The number of hydrogen-bond donors (Lipinski definition) is 1.